The molecule has 2 aromatic carbocycles. The number of halogens is 1. The van der Waals surface area contributed by atoms with Gasteiger partial charge in [0.05, 0.1) is 34.2 Å². The van der Waals surface area contributed by atoms with Gasteiger partial charge in [-0.15, -0.1) is 0 Å². The molecule has 0 aliphatic heterocycles. The molecule has 0 heterocycles. The Balaban J connectivity index is 2.32. The smallest absolute Gasteiger partial charge is 0.194 e. The average Bonchev–Trinajstić information content (AvgIpc) is 2.46. The van der Waals surface area contributed by atoms with Crippen molar-refractivity contribution in [3.05, 3.63) is 60.7 Å². The number of anilines is 2. The molecule has 2 aromatic rings. The minimum atomic E-state index is 0.559. The summed E-state index contributed by atoms with van der Waals surface area (Å²) < 4.78 is 2.88. The molecular formula is C13H12IN3S. The predicted molar refractivity (Wildman–Crippen MR) is 87.9 cm³/mol. The summed E-state index contributed by atoms with van der Waals surface area (Å²) in [6.45, 7) is 0. The first-order valence-electron chi connectivity index (χ1n) is 5.39. The van der Waals surface area contributed by atoms with Gasteiger partial charge in [0.1, 0.15) is 0 Å². The minimum Gasteiger partial charge on any atom is -0.304 e. The molecule has 0 saturated heterocycles. The monoisotopic (exact) mass is 369 g/mol. The first kappa shape index (κ1) is 13.1. The second kappa shape index (κ2) is 6.55. The molecular weight excluding hydrogens is 357 g/mol. The first-order chi connectivity index (χ1) is 8.81. The number of hydrogen-bond acceptors (Lipinski definition) is 2. The fourth-order valence-electron chi connectivity index (χ4n) is 1.55. The lowest BCUT2D eigenvalue weighted by Crippen LogP contribution is -2.41. The molecule has 0 atom stereocenters. The van der Waals surface area contributed by atoms with Crippen molar-refractivity contribution in [1.29, 1.82) is 0 Å². The lowest BCUT2D eigenvalue weighted by Gasteiger charge is -2.26. The maximum Gasteiger partial charge on any atom is 0.194 e. The highest BCUT2D eigenvalue weighted by atomic mass is 127. The summed E-state index contributed by atoms with van der Waals surface area (Å²) in [6.07, 6.45) is 0. The zero-order valence-electron chi connectivity index (χ0n) is 9.51. The van der Waals surface area contributed by atoms with Crippen LogP contribution < -0.4 is 14.0 Å². The van der Waals surface area contributed by atoms with E-state index in [1.54, 1.807) is 0 Å². The number of hydrazine groups is 1. The standard InChI is InChI=1S/C13H12IN3S/c14-15-13(18)16-17(11-7-3-1-4-8-11)12-9-5-2-6-10-12/h1-10H,(H2,15,16,18). The van der Waals surface area contributed by atoms with E-state index in [4.69, 9.17) is 12.2 Å². The Morgan fingerprint density at radius 2 is 1.33 bits per heavy atom. The lowest BCUT2D eigenvalue weighted by molar-refractivity contribution is 0.933. The zero-order valence-corrected chi connectivity index (χ0v) is 12.5. The third-order valence-corrected chi connectivity index (χ3v) is 3.43. The van der Waals surface area contributed by atoms with Gasteiger partial charge in [0.15, 0.2) is 5.11 Å². The molecule has 3 nitrogen and oxygen atoms in total. The molecule has 2 N–H and O–H groups in total. The van der Waals surface area contributed by atoms with Crippen LogP contribution in [-0.4, -0.2) is 5.11 Å². The van der Waals surface area contributed by atoms with Crippen LogP contribution in [0, 0.1) is 0 Å². The van der Waals surface area contributed by atoms with Crippen LogP contribution in [0.4, 0.5) is 11.4 Å². The Labute approximate surface area is 126 Å². The molecule has 0 radical (unpaired) electrons. The van der Waals surface area contributed by atoms with Gasteiger partial charge in [-0.05, 0) is 36.5 Å². The van der Waals surface area contributed by atoms with Crippen molar-refractivity contribution >= 4 is 51.6 Å². The van der Waals surface area contributed by atoms with Crippen LogP contribution in [0.25, 0.3) is 0 Å². The van der Waals surface area contributed by atoms with Crippen molar-refractivity contribution in [2.24, 2.45) is 0 Å². The van der Waals surface area contributed by atoms with Crippen LogP contribution in [-0.2, 0) is 0 Å². The number of thiocarbonyl (C=S) groups is 1. The molecule has 18 heavy (non-hydrogen) atoms. The molecule has 5 heteroatoms. The van der Waals surface area contributed by atoms with Crippen molar-refractivity contribution in [3.63, 3.8) is 0 Å². The second-order valence-electron chi connectivity index (χ2n) is 3.54. The van der Waals surface area contributed by atoms with Gasteiger partial charge in [-0.2, -0.15) is 0 Å². The third kappa shape index (κ3) is 3.33. The van der Waals surface area contributed by atoms with Gasteiger partial charge >= 0.3 is 0 Å². The Morgan fingerprint density at radius 3 is 1.72 bits per heavy atom. The largest absolute Gasteiger partial charge is 0.304 e. The van der Waals surface area contributed by atoms with Crippen LogP contribution in [0.2, 0.25) is 0 Å². The molecule has 0 spiro atoms. The quantitative estimate of drug-likeness (QED) is 0.375. The second-order valence-corrected chi connectivity index (χ2v) is 4.49. The number of rotatable bonds is 3. The van der Waals surface area contributed by atoms with E-state index in [0.29, 0.717) is 5.11 Å². The van der Waals surface area contributed by atoms with E-state index in [9.17, 15) is 0 Å². The van der Waals surface area contributed by atoms with Crippen LogP contribution in [0.15, 0.2) is 60.7 Å². The lowest BCUT2D eigenvalue weighted by atomic mass is 10.2. The molecule has 0 fully saturated rings. The van der Waals surface area contributed by atoms with Crippen LogP contribution in [0.5, 0.6) is 0 Å². The van der Waals surface area contributed by atoms with Crippen LogP contribution in [0.3, 0.4) is 0 Å². The molecule has 2 rings (SSSR count). The van der Waals surface area contributed by atoms with Gasteiger partial charge in [-0.1, -0.05) is 36.4 Å². The van der Waals surface area contributed by atoms with E-state index in [1.165, 1.54) is 0 Å². The summed E-state index contributed by atoms with van der Waals surface area (Å²) in [5, 5.41) is 2.50. The highest BCUT2D eigenvalue weighted by Crippen LogP contribution is 2.22. The van der Waals surface area contributed by atoms with Crippen LogP contribution in [0.1, 0.15) is 0 Å². The number of nitrogens with one attached hydrogen (secondary N) is 2. The molecule has 0 aromatic heterocycles. The van der Waals surface area contributed by atoms with Gasteiger partial charge in [0.25, 0.3) is 0 Å². The van der Waals surface area contributed by atoms with E-state index >= 15 is 0 Å². The SMILES string of the molecule is S=C(NI)NN(c1ccccc1)c1ccccc1. The molecule has 0 saturated carbocycles. The fraction of sp³-hybridized carbons (Fsp3) is 0. The van der Waals surface area contributed by atoms with E-state index in [0.717, 1.165) is 11.4 Å². The number of benzene rings is 2. The summed E-state index contributed by atoms with van der Waals surface area (Å²) >= 11 is 7.17. The molecule has 0 bridgehead atoms. The normalized spacial score (nSPS) is 9.61. The van der Waals surface area contributed by atoms with Crippen molar-refractivity contribution in [2.75, 3.05) is 5.01 Å². The maximum atomic E-state index is 5.16. The summed E-state index contributed by atoms with van der Waals surface area (Å²) in [5.74, 6) is 0. The summed E-state index contributed by atoms with van der Waals surface area (Å²) in [5.41, 5.74) is 5.20. The molecule has 0 aliphatic rings. The van der Waals surface area contributed by atoms with Crippen molar-refractivity contribution in [2.45, 2.75) is 0 Å². The Hall–Kier alpha value is -1.34. The van der Waals surface area contributed by atoms with Crippen molar-refractivity contribution in [1.82, 2.24) is 8.96 Å². The summed E-state index contributed by atoms with van der Waals surface area (Å²) in [6, 6.07) is 20.0. The van der Waals surface area contributed by atoms with Crippen molar-refractivity contribution in [3.8, 4) is 0 Å². The van der Waals surface area contributed by atoms with E-state index < -0.39 is 0 Å². The first-order valence-corrected chi connectivity index (χ1v) is 6.87. The highest BCUT2D eigenvalue weighted by Gasteiger charge is 2.09. The number of para-hydroxylation sites is 2. The van der Waals surface area contributed by atoms with Crippen LogP contribution >= 0.6 is 35.1 Å². The molecule has 92 valence electrons. The third-order valence-electron chi connectivity index (χ3n) is 2.33. The predicted octanol–water partition coefficient (Wildman–Crippen LogP) is 3.55. The Kier molecular flexibility index (Phi) is 4.77. The van der Waals surface area contributed by atoms with Gasteiger partial charge in [-0.3, -0.25) is 10.4 Å². The Morgan fingerprint density at radius 1 is 0.889 bits per heavy atom. The topological polar surface area (TPSA) is 27.3 Å². The highest BCUT2D eigenvalue weighted by molar-refractivity contribution is 14.1. The summed E-state index contributed by atoms with van der Waals surface area (Å²) in [4.78, 5) is 0. The van der Waals surface area contributed by atoms with E-state index in [2.05, 4.69) is 8.96 Å². The summed E-state index contributed by atoms with van der Waals surface area (Å²) in [7, 11) is 0. The maximum absolute atomic E-state index is 5.16. The van der Waals surface area contributed by atoms with Gasteiger partial charge < -0.3 is 3.53 Å². The van der Waals surface area contributed by atoms with E-state index in [1.807, 2.05) is 88.5 Å². The average molecular weight is 369 g/mol. The fourth-order valence-corrected chi connectivity index (χ4v) is 1.77. The minimum absolute atomic E-state index is 0.559. The van der Waals surface area contributed by atoms with Crippen molar-refractivity contribution < 1.29 is 0 Å². The molecule has 0 aliphatic carbocycles. The zero-order chi connectivity index (χ0) is 12.8. The molecule has 0 amide bonds. The van der Waals surface area contributed by atoms with Gasteiger partial charge in [-0.25, -0.2) is 0 Å². The van der Waals surface area contributed by atoms with Gasteiger partial charge in [0.2, 0.25) is 0 Å². The van der Waals surface area contributed by atoms with Gasteiger partial charge in [0, 0.05) is 0 Å². The number of hydrogen-bond donors (Lipinski definition) is 2. The molecule has 0 unspecified atom stereocenters. The van der Waals surface area contributed by atoms with E-state index in [-0.39, 0.29) is 0 Å². The Bertz CT molecular complexity index is 465. The number of nitrogens with zero attached hydrogens (tertiary/aromatic N) is 1.